The molecule has 0 aromatic heterocycles. The van der Waals surface area contributed by atoms with Gasteiger partial charge in [0.1, 0.15) is 0 Å². The van der Waals surface area contributed by atoms with E-state index < -0.39 is 0 Å². The molecular weight excluding hydrogens is 206 g/mol. The van der Waals surface area contributed by atoms with E-state index in [2.05, 4.69) is 6.07 Å². The van der Waals surface area contributed by atoms with Gasteiger partial charge in [-0.25, -0.2) is 0 Å². The zero-order valence-corrected chi connectivity index (χ0v) is 8.70. The van der Waals surface area contributed by atoms with Crippen LogP contribution in [0.1, 0.15) is 5.56 Å². The molecule has 0 aliphatic rings. The van der Waals surface area contributed by atoms with Crippen molar-refractivity contribution in [1.29, 1.82) is 5.26 Å². The van der Waals surface area contributed by atoms with Crippen LogP contribution in [0.5, 0.6) is 0 Å². The first-order valence-corrected chi connectivity index (χ1v) is 4.95. The number of nitrogens with zero attached hydrogens (tertiary/aromatic N) is 1. The van der Waals surface area contributed by atoms with Crippen molar-refractivity contribution < 1.29 is 0 Å². The Labute approximate surface area is 93.5 Å². The highest BCUT2D eigenvalue weighted by atomic mass is 35.5. The maximum absolute atomic E-state index is 8.98. The Hall–Kier alpha value is -1.78. The van der Waals surface area contributed by atoms with Gasteiger partial charge in [0.15, 0.2) is 0 Å². The molecule has 72 valence electrons. The van der Waals surface area contributed by atoms with Gasteiger partial charge < -0.3 is 0 Å². The summed E-state index contributed by atoms with van der Waals surface area (Å²) in [7, 11) is 0. The zero-order chi connectivity index (χ0) is 10.7. The Morgan fingerprint density at radius 3 is 2.13 bits per heavy atom. The molecule has 2 rings (SSSR count). The maximum atomic E-state index is 8.98. The zero-order valence-electron chi connectivity index (χ0n) is 7.94. The lowest BCUT2D eigenvalue weighted by Crippen LogP contribution is -1.84. The maximum Gasteiger partial charge on any atom is 0.0998 e. The van der Waals surface area contributed by atoms with E-state index >= 15 is 0 Å². The summed E-state index contributed by atoms with van der Waals surface area (Å²) in [6, 6.07) is 17.1. The predicted octanol–water partition coefficient (Wildman–Crippen LogP) is 3.88. The highest BCUT2D eigenvalue weighted by Crippen LogP contribution is 2.29. The molecule has 0 atom stereocenters. The summed E-state index contributed by atoms with van der Waals surface area (Å²) in [4.78, 5) is 0. The number of nitriles is 1. The van der Waals surface area contributed by atoms with Crippen molar-refractivity contribution >= 4 is 11.6 Å². The van der Waals surface area contributed by atoms with E-state index in [1.54, 1.807) is 6.07 Å². The van der Waals surface area contributed by atoms with Gasteiger partial charge in [0, 0.05) is 16.1 Å². The van der Waals surface area contributed by atoms with Crippen LogP contribution >= 0.6 is 11.6 Å². The summed E-state index contributed by atoms with van der Waals surface area (Å²) in [6.45, 7) is 0. The Morgan fingerprint density at radius 2 is 1.47 bits per heavy atom. The topological polar surface area (TPSA) is 23.8 Å². The number of hydrogen-bond acceptors (Lipinski definition) is 1. The lowest BCUT2D eigenvalue weighted by atomic mass is 10.0. The van der Waals surface area contributed by atoms with Crippen molar-refractivity contribution in [3.05, 3.63) is 59.1 Å². The second-order valence-corrected chi connectivity index (χ2v) is 3.54. The van der Waals surface area contributed by atoms with E-state index in [4.69, 9.17) is 16.9 Å². The minimum Gasteiger partial charge on any atom is -0.192 e. The van der Waals surface area contributed by atoms with E-state index in [0.29, 0.717) is 10.6 Å². The molecule has 15 heavy (non-hydrogen) atoms. The molecule has 2 aromatic carbocycles. The number of hydrogen-bond donors (Lipinski definition) is 0. The minimum atomic E-state index is 0.644. The highest BCUT2D eigenvalue weighted by molar-refractivity contribution is 6.33. The molecule has 0 N–H and O–H groups in total. The van der Waals surface area contributed by atoms with Crippen molar-refractivity contribution in [2.24, 2.45) is 0 Å². The van der Waals surface area contributed by atoms with Gasteiger partial charge in [-0.05, 0) is 12.1 Å². The van der Waals surface area contributed by atoms with Gasteiger partial charge in [-0.15, -0.1) is 0 Å². The first kappa shape index (κ1) is 9.76. The second kappa shape index (κ2) is 4.16. The summed E-state index contributed by atoms with van der Waals surface area (Å²) < 4.78 is 0. The largest absolute Gasteiger partial charge is 0.192 e. The van der Waals surface area contributed by atoms with Crippen LogP contribution in [-0.4, -0.2) is 0 Å². The molecule has 0 bridgehead atoms. The molecule has 0 radical (unpaired) electrons. The first-order chi connectivity index (χ1) is 7.33. The predicted molar refractivity (Wildman–Crippen MR) is 61.6 cm³/mol. The molecule has 0 aliphatic heterocycles. The lowest BCUT2D eigenvalue weighted by Gasteiger charge is -2.05. The number of rotatable bonds is 1. The van der Waals surface area contributed by atoms with Crippen LogP contribution < -0.4 is 0 Å². The van der Waals surface area contributed by atoms with Crippen LogP contribution in [0.15, 0.2) is 48.5 Å². The third-order valence-electron chi connectivity index (χ3n) is 2.21. The van der Waals surface area contributed by atoms with Gasteiger partial charge in [-0.2, -0.15) is 5.26 Å². The molecule has 0 saturated carbocycles. The molecule has 0 fully saturated rings. The van der Waals surface area contributed by atoms with Crippen LogP contribution in [-0.2, 0) is 0 Å². The van der Waals surface area contributed by atoms with E-state index in [9.17, 15) is 0 Å². The van der Waals surface area contributed by atoms with Crippen molar-refractivity contribution in [2.45, 2.75) is 0 Å². The smallest absolute Gasteiger partial charge is 0.0998 e. The van der Waals surface area contributed by atoms with Crippen molar-refractivity contribution in [3.8, 4) is 17.2 Å². The minimum absolute atomic E-state index is 0.644. The van der Waals surface area contributed by atoms with Gasteiger partial charge in [-0.1, -0.05) is 48.0 Å². The van der Waals surface area contributed by atoms with Crippen LogP contribution in [0.2, 0.25) is 5.02 Å². The molecule has 2 aromatic rings. The quantitative estimate of drug-likeness (QED) is 0.705. The van der Waals surface area contributed by atoms with Gasteiger partial charge in [0.25, 0.3) is 0 Å². The van der Waals surface area contributed by atoms with E-state index in [1.807, 2.05) is 42.5 Å². The Balaban J connectivity index is 2.65. The van der Waals surface area contributed by atoms with Crippen molar-refractivity contribution in [2.75, 3.05) is 0 Å². The Bertz CT molecular complexity index is 526. The van der Waals surface area contributed by atoms with Crippen LogP contribution in [0, 0.1) is 11.3 Å². The fourth-order valence-corrected chi connectivity index (χ4v) is 1.73. The number of benzene rings is 2. The van der Waals surface area contributed by atoms with Crippen LogP contribution in [0.4, 0.5) is 0 Å². The molecule has 0 heterocycles. The normalized spacial score (nSPS) is 9.60. The molecule has 0 spiro atoms. The van der Waals surface area contributed by atoms with Gasteiger partial charge >= 0.3 is 0 Å². The first-order valence-electron chi connectivity index (χ1n) is 4.57. The molecule has 1 nitrogen and oxygen atoms in total. The van der Waals surface area contributed by atoms with Crippen LogP contribution in [0.25, 0.3) is 11.1 Å². The molecule has 2 heteroatoms. The Kier molecular flexibility index (Phi) is 2.71. The van der Waals surface area contributed by atoms with Crippen molar-refractivity contribution in [3.63, 3.8) is 0 Å². The fourth-order valence-electron chi connectivity index (χ4n) is 1.50. The molecule has 0 amide bonds. The standard InChI is InChI=1S/C13H8ClN/c14-13-8-4-3-7-12(13)11-6-2-1-5-10(11)9-15/h1-8H. The average Bonchev–Trinajstić information content (AvgIpc) is 2.30. The lowest BCUT2D eigenvalue weighted by molar-refractivity contribution is 1.48. The van der Waals surface area contributed by atoms with Gasteiger partial charge in [0.2, 0.25) is 0 Å². The molecule has 0 saturated heterocycles. The summed E-state index contributed by atoms with van der Waals surface area (Å²) in [5, 5.41) is 9.64. The molecular formula is C13H8ClN. The summed E-state index contributed by atoms with van der Waals surface area (Å²) in [5.41, 5.74) is 2.42. The van der Waals surface area contributed by atoms with Gasteiger partial charge in [-0.3, -0.25) is 0 Å². The Morgan fingerprint density at radius 1 is 0.867 bits per heavy atom. The summed E-state index contributed by atoms with van der Waals surface area (Å²) in [5.74, 6) is 0. The SMILES string of the molecule is N#Cc1ccccc1-c1ccccc1Cl. The average molecular weight is 214 g/mol. The van der Waals surface area contributed by atoms with E-state index in [0.717, 1.165) is 11.1 Å². The molecule has 0 unspecified atom stereocenters. The van der Waals surface area contributed by atoms with Gasteiger partial charge in [0.05, 0.1) is 11.6 Å². The third kappa shape index (κ3) is 1.86. The second-order valence-electron chi connectivity index (χ2n) is 3.14. The summed E-state index contributed by atoms with van der Waals surface area (Å²) in [6.07, 6.45) is 0. The fraction of sp³-hybridized carbons (Fsp3) is 0. The monoisotopic (exact) mass is 213 g/mol. The summed E-state index contributed by atoms with van der Waals surface area (Å²) >= 11 is 6.08. The van der Waals surface area contributed by atoms with Crippen LogP contribution in [0.3, 0.4) is 0 Å². The van der Waals surface area contributed by atoms with E-state index in [-0.39, 0.29) is 0 Å². The van der Waals surface area contributed by atoms with Crippen molar-refractivity contribution in [1.82, 2.24) is 0 Å². The third-order valence-corrected chi connectivity index (χ3v) is 2.54. The highest BCUT2D eigenvalue weighted by Gasteiger charge is 2.06. The number of halogens is 1. The molecule has 0 aliphatic carbocycles. The van der Waals surface area contributed by atoms with E-state index in [1.165, 1.54) is 0 Å².